The van der Waals surface area contributed by atoms with Crippen molar-refractivity contribution in [3.8, 4) is 0 Å². The highest BCUT2D eigenvalue weighted by molar-refractivity contribution is 7.89. The summed E-state index contributed by atoms with van der Waals surface area (Å²) in [5.41, 5.74) is 0. The average molecular weight is 367 g/mol. The van der Waals surface area contributed by atoms with Crippen LogP contribution in [-0.2, 0) is 21.2 Å². The van der Waals surface area contributed by atoms with Crippen molar-refractivity contribution < 1.29 is 13.2 Å². The number of benzene rings is 1. The zero-order chi connectivity index (χ0) is 17.6. The predicted octanol–water partition coefficient (Wildman–Crippen LogP) is 2.41. The second kappa shape index (κ2) is 8.41. The van der Waals surface area contributed by atoms with Gasteiger partial charge in [-0.3, -0.25) is 4.79 Å². The number of carbonyl (C=O) groups excluding carboxylic acids is 1. The van der Waals surface area contributed by atoms with E-state index in [0.29, 0.717) is 6.54 Å². The van der Waals surface area contributed by atoms with Crippen LogP contribution in [0.2, 0.25) is 0 Å². The molecule has 1 aromatic carbocycles. The van der Waals surface area contributed by atoms with Crippen LogP contribution in [0.4, 0.5) is 0 Å². The molecule has 1 unspecified atom stereocenters. The first-order valence-electron chi connectivity index (χ1n) is 7.77. The summed E-state index contributed by atoms with van der Waals surface area (Å²) in [4.78, 5) is 13.7. The van der Waals surface area contributed by atoms with Gasteiger partial charge in [-0.15, -0.1) is 11.3 Å². The van der Waals surface area contributed by atoms with Gasteiger partial charge in [-0.25, -0.2) is 8.42 Å². The van der Waals surface area contributed by atoms with E-state index in [0.717, 1.165) is 6.42 Å². The third kappa shape index (κ3) is 5.15. The van der Waals surface area contributed by atoms with E-state index >= 15 is 0 Å². The lowest BCUT2D eigenvalue weighted by Gasteiger charge is -2.21. The number of nitrogens with one attached hydrogen (secondary N) is 2. The zero-order valence-electron chi connectivity index (χ0n) is 13.7. The van der Waals surface area contributed by atoms with E-state index in [-0.39, 0.29) is 16.7 Å². The molecule has 2 aromatic rings. The van der Waals surface area contributed by atoms with E-state index in [1.165, 1.54) is 17.0 Å². The van der Waals surface area contributed by atoms with Crippen LogP contribution in [0, 0.1) is 5.92 Å². The Hall–Kier alpha value is -1.70. The lowest BCUT2D eigenvalue weighted by Crippen LogP contribution is -2.49. The molecule has 0 spiro atoms. The molecular weight excluding hydrogens is 344 g/mol. The molecule has 1 amide bonds. The lowest BCUT2D eigenvalue weighted by atomic mass is 10.1. The molecule has 1 atom stereocenters. The third-order valence-electron chi connectivity index (χ3n) is 3.54. The van der Waals surface area contributed by atoms with Crippen LogP contribution in [0.15, 0.2) is 52.7 Å². The van der Waals surface area contributed by atoms with Gasteiger partial charge in [0.05, 0.1) is 4.90 Å². The molecule has 0 aliphatic carbocycles. The van der Waals surface area contributed by atoms with E-state index in [9.17, 15) is 13.2 Å². The Morgan fingerprint density at radius 1 is 1.12 bits per heavy atom. The van der Waals surface area contributed by atoms with Crippen molar-refractivity contribution in [1.29, 1.82) is 0 Å². The number of hydrogen-bond acceptors (Lipinski definition) is 4. The molecule has 2 N–H and O–H groups in total. The van der Waals surface area contributed by atoms with Gasteiger partial charge < -0.3 is 5.32 Å². The molecule has 0 fully saturated rings. The smallest absolute Gasteiger partial charge is 0.241 e. The largest absolute Gasteiger partial charge is 0.354 e. The number of thiophene rings is 1. The Morgan fingerprint density at radius 3 is 2.42 bits per heavy atom. The van der Waals surface area contributed by atoms with Gasteiger partial charge in [0.2, 0.25) is 15.9 Å². The molecule has 0 aliphatic heterocycles. The van der Waals surface area contributed by atoms with Crippen molar-refractivity contribution in [1.82, 2.24) is 10.0 Å². The van der Waals surface area contributed by atoms with E-state index in [4.69, 9.17) is 0 Å². The predicted molar refractivity (Wildman–Crippen MR) is 96.4 cm³/mol. The molecular formula is C17H22N2O3S2. The number of carbonyl (C=O) groups is 1. The summed E-state index contributed by atoms with van der Waals surface area (Å²) in [5.74, 6) is -0.466. The Labute approximate surface area is 147 Å². The second-order valence-corrected chi connectivity index (χ2v) is 8.52. The van der Waals surface area contributed by atoms with E-state index in [1.807, 2.05) is 31.4 Å². The maximum atomic E-state index is 12.4. The minimum Gasteiger partial charge on any atom is -0.354 e. The van der Waals surface area contributed by atoms with Crippen LogP contribution in [0.25, 0.3) is 0 Å². The summed E-state index contributed by atoms with van der Waals surface area (Å²) in [6.45, 7) is 4.11. The van der Waals surface area contributed by atoms with E-state index in [2.05, 4.69) is 10.0 Å². The molecule has 0 saturated heterocycles. The van der Waals surface area contributed by atoms with Crippen LogP contribution in [0.3, 0.4) is 0 Å². The van der Waals surface area contributed by atoms with Crippen molar-refractivity contribution in [2.75, 3.05) is 6.54 Å². The van der Waals surface area contributed by atoms with E-state index in [1.54, 1.807) is 29.5 Å². The van der Waals surface area contributed by atoms with Gasteiger partial charge in [-0.05, 0) is 35.9 Å². The minimum absolute atomic E-state index is 0.155. The summed E-state index contributed by atoms with van der Waals surface area (Å²) in [7, 11) is -3.73. The molecule has 1 heterocycles. The minimum atomic E-state index is -3.73. The van der Waals surface area contributed by atoms with Crippen LogP contribution in [-0.4, -0.2) is 26.9 Å². The highest BCUT2D eigenvalue weighted by Crippen LogP contribution is 2.12. The first kappa shape index (κ1) is 18.6. The Bertz CT molecular complexity index is 741. The maximum absolute atomic E-state index is 12.4. The fourth-order valence-corrected chi connectivity index (χ4v) is 4.27. The SMILES string of the molecule is CC(C)C(NS(=O)(=O)c1ccccc1)C(=O)NCCc1cccs1. The molecule has 0 aliphatic rings. The van der Waals surface area contributed by atoms with Gasteiger partial charge in [0, 0.05) is 11.4 Å². The quantitative estimate of drug-likeness (QED) is 0.753. The summed E-state index contributed by atoms with van der Waals surface area (Å²) >= 11 is 1.63. The Morgan fingerprint density at radius 2 is 1.83 bits per heavy atom. The standard InChI is InChI=1S/C17H22N2O3S2/c1-13(2)16(17(20)18-11-10-14-7-6-12-23-14)19-24(21,22)15-8-4-3-5-9-15/h3-9,12-13,16,19H,10-11H2,1-2H3,(H,18,20). The first-order valence-corrected chi connectivity index (χ1v) is 10.1. The van der Waals surface area contributed by atoms with Crippen molar-refractivity contribution in [2.24, 2.45) is 5.92 Å². The van der Waals surface area contributed by atoms with E-state index < -0.39 is 16.1 Å². The topological polar surface area (TPSA) is 75.3 Å². The fraction of sp³-hybridized carbons (Fsp3) is 0.353. The molecule has 24 heavy (non-hydrogen) atoms. The van der Waals surface area contributed by atoms with Gasteiger partial charge in [0.15, 0.2) is 0 Å². The number of hydrogen-bond donors (Lipinski definition) is 2. The number of rotatable bonds is 8. The van der Waals surface area contributed by atoms with Crippen molar-refractivity contribution >= 4 is 27.3 Å². The molecule has 130 valence electrons. The second-order valence-electron chi connectivity index (χ2n) is 5.78. The van der Waals surface area contributed by atoms with Crippen LogP contribution in [0.5, 0.6) is 0 Å². The highest BCUT2D eigenvalue weighted by atomic mass is 32.2. The molecule has 7 heteroatoms. The summed E-state index contributed by atoms with van der Waals surface area (Å²) in [6, 6.07) is 11.2. The summed E-state index contributed by atoms with van der Waals surface area (Å²) in [5, 5.41) is 4.81. The first-order chi connectivity index (χ1) is 11.4. The summed E-state index contributed by atoms with van der Waals surface area (Å²) < 4.78 is 27.4. The molecule has 2 rings (SSSR count). The molecule has 0 bridgehead atoms. The number of amides is 1. The van der Waals surface area contributed by atoms with Gasteiger partial charge in [0.1, 0.15) is 6.04 Å². The van der Waals surface area contributed by atoms with Crippen LogP contribution < -0.4 is 10.0 Å². The van der Waals surface area contributed by atoms with Gasteiger partial charge in [0.25, 0.3) is 0 Å². The van der Waals surface area contributed by atoms with Crippen LogP contribution in [0.1, 0.15) is 18.7 Å². The highest BCUT2D eigenvalue weighted by Gasteiger charge is 2.28. The van der Waals surface area contributed by atoms with Crippen molar-refractivity contribution in [3.63, 3.8) is 0 Å². The average Bonchev–Trinajstić information content (AvgIpc) is 3.06. The molecule has 0 radical (unpaired) electrons. The normalized spacial score (nSPS) is 13.0. The molecule has 5 nitrogen and oxygen atoms in total. The summed E-state index contributed by atoms with van der Waals surface area (Å²) in [6.07, 6.45) is 0.736. The number of sulfonamides is 1. The Balaban J connectivity index is 1.99. The van der Waals surface area contributed by atoms with Crippen molar-refractivity contribution in [3.05, 3.63) is 52.7 Å². The fourth-order valence-electron chi connectivity index (χ4n) is 2.20. The van der Waals surface area contributed by atoms with Gasteiger partial charge >= 0.3 is 0 Å². The lowest BCUT2D eigenvalue weighted by molar-refractivity contribution is -0.123. The molecule has 1 aromatic heterocycles. The Kier molecular flexibility index (Phi) is 6.53. The van der Waals surface area contributed by atoms with Crippen molar-refractivity contribution in [2.45, 2.75) is 31.2 Å². The maximum Gasteiger partial charge on any atom is 0.241 e. The van der Waals surface area contributed by atoms with Gasteiger partial charge in [-0.1, -0.05) is 38.1 Å². The monoisotopic (exact) mass is 366 g/mol. The molecule has 0 saturated carbocycles. The zero-order valence-corrected chi connectivity index (χ0v) is 15.4. The van der Waals surface area contributed by atoms with Gasteiger partial charge in [-0.2, -0.15) is 4.72 Å². The third-order valence-corrected chi connectivity index (χ3v) is 5.93. The van der Waals surface area contributed by atoms with Crippen LogP contribution >= 0.6 is 11.3 Å².